The summed E-state index contributed by atoms with van der Waals surface area (Å²) in [7, 11) is 0. The van der Waals surface area contributed by atoms with E-state index in [0.717, 1.165) is 0 Å². The van der Waals surface area contributed by atoms with Gasteiger partial charge >= 0.3 is 5.69 Å². The van der Waals surface area contributed by atoms with E-state index in [4.69, 9.17) is 17.0 Å². The van der Waals surface area contributed by atoms with Gasteiger partial charge in [0.15, 0.2) is 0 Å². The minimum atomic E-state index is -0.555. The van der Waals surface area contributed by atoms with Gasteiger partial charge in [0.1, 0.15) is 10.9 Å². The summed E-state index contributed by atoms with van der Waals surface area (Å²) in [5.41, 5.74) is -0.314. The SMILES string of the molecule is C[C@@H]1[C@H](O)[C@@H](C)O[C@H]1n1ccc(=S)[nH]c1=O. The number of ether oxygens (including phenoxy) is 1. The molecule has 4 atom stereocenters. The Bertz CT molecular complexity index is 495. The molecular formula is C10H14N2O3S. The molecule has 0 unspecified atom stereocenters. The predicted octanol–water partition coefficient (Wildman–Crippen LogP) is 0.820. The number of aliphatic hydroxyl groups is 1. The molecule has 1 fully saturated rings. The van der Waals surface area contributed by atoms with Crippen LogP contribution in [-0.4, -0.2) is 26.9 Å². The maximum absolute atomic E-state index is 11.7. The standard InChI is InChI=1S/C10H14N2O3S/c1-5-8(13)6(2)15-9(5)12-4-3-7(16)11-10(12)14/h3-6,8-9,13H,1-2H3,(H,11,14,16)/t5-,6-,8+,9-/m1/s1. The first-order chi connectivity index (χ1) is 7.50. The zero-order valence-corrected chi connectivity index (χ0v) is 9.90. The molecule has 0 bridgehead atoms. The van der Waals surface area contributed by atoms with Gasteiger partial charge in [0.25, 0.3) is 0 Å². The molecule has 5 nitrogen and oxygen atoms in total. The zero-order valence-electron chi connectivity index (χ0n) is 9.08. The fourth-order valence-corrected chi connectivity index (χ4v) is 2.12. The highest BCUT2D eigenvalue weighted by Gasteiger charge is 2.39. The molecule has 0 aliphatic carbocycles. The Kier molecular flexibility index (Phi) is 2.96. The number of H-pyrrole nitrogens is 1. The lowest BCUT2D eigenvalue weighted by atomic mass is 10.0. The van der Waals surface area contributed by atoms with Gasteiger partial charge in [-0.2, -0.15) is 0 Å². The van der Waals surface area contributed by atoms with Gasteiger partial charge in [0.2, 0.25) is 0 Å². The van der Waals surface area contributed by atoms with Crippen LogP contribution in [0.2, 0.25) is 0 Å². The number of nitrogens with one attached hydrogen (secondary N) is 1. The lowest BCUT2D eigenvalue weighted by molar-refractivity contribution is -0.0142. The van der Waals surface area contributed by atoms with Crippen LogP contribution in [0.4, 0.5) is 0 Å². The molecular weight excluding hydrogens is 228 g/mol. The molecule has 1 aliphatic rings. The van der Waals surface area contributed by atoms with Crippen LogP contribution in [0, 0.1) is 10.6 Å². The molecule has 0 spiro atoms. The van der Waals surface area contributed by atoms with Gasteiger partial charge in [0.05, 0.1) is 12.2 Å². The van der Waals surface area contributed by atoms with E-state index in [-0.39, 0.29) is 17.7 Å². The Morgan fingerprint density at radius 3 is 2.75 bits per heavy atom. The molecule has 88 valence electrons. The number of aliphatic hydroxyl groups excluding tert-OH is 1. The largest absolute Gasteiger partial charge is 0.390 e. The fourth-order valence-electron chi connectivity index (χ4n) is 1.97. The van der Waals surface area contributed by atoms with Crippen molar-refractivity contribution in [2.45, 2.75) is 32.3 Å². The molecule has 1 saturated heterocycles. The van der Waals surface area contributed by atoms with Gasteiger partial charge in [-0.05, 0) is 13.0 Å². The van der Waals surface area contributed by atoms with Crippen LogP contribution in [0.1, 0.15) is 20.1 Å². The van der Waals surface area contributed by atoms with Crippen LogP contribution in [0.5, 0.6) is 0 Å². The van der Waals surface area contributed by atoms with Crippen molar-refractivity contribution in [1.82, 2.24) is 9.55 Å². The summed E-state index contributed by atoms with van der Waals surface area (Å²) in [6.45, 7) is 3.64. The summed E-state index contributed by atoms with van der Waals surface area (Å²) < 4.78 is 7.36. The van der Waals surface area contributed by atoms with E-state index < -0.39 is 12.3 Å². The Labute approximate surface area is 97.7 Å². The van der Waals surface area contributed by atoms with Crippen LogP contribution in [0.3, 0.4) is 0 Å². The van der Waals surface area contributed by atoms with E-state index >= 15 is 0 Å². The minimum absolute atomic E-state index is 0.128. The van der Waals surface area contributed by atoms with E-state index in [1.807, 2.05) is 6.92 Å². The number of hydrogen-bond acceptors (Lipinski definition) is 4. The van der Waals surface area contributed by atoms with Gasteiger partial charge in [-0.1, -0.05) is 19.1 Å². The third-order valence-electron chi connectivity index (χ3n) is 2.95. The Morgan fingerprint density at radius 2 is 2.25 bits per heavy atom. The van der Waals surface area contributed by atoms with Gasteiger partial charge in [-0.25, -0.2) is 4.79 Å². The zero-order chi connectivity index (χ0) is 11.9. The van der Waals surface area contributed by atoms with Gasteiger partial charge in [-0.3, -0.25) is 9.55 Å². The average Bonchev–Trinajstić information content (AvgIpc) is 2.46. The van der Waals surface area contributed by atoms with Crippen molar-refractivity contribution >= 4 is 12.2 Å². The second-order valence-electron chi connectivity index (χ2n) is 4.10. The van der Waals surface area contributed by atoms with E-state index in [9.17, 15) is 9.90 Å². The molecule has 0 amide bonds. The van der Waals surface area contributed by atoms with Crippen molar-refractivity contribution in [3.05, 3.63) is 27.4 Å². The predicted molar refractivity (Wildman–Crippen MR) is 60.6 cm³/mol. The first-order valence-electron chi connectivity index (χ1n) is 5.15. The summed E-state index contributed by atoms with van der Waals surface area (Å²) in [6, 6.07) is 1.63. The van der Waals surface area contributed by atoms with Gasteiger partial charge in [-0.15, -0.1) is 0 Å². The molecule has 0 radical (unpaired) electrons. The maximum atomic E-state index is 11.7. The number of nitrogens with zero attached hydrogens (tertiary/aromatic N) is 1. The third kappa shape index (κ3) is 1.83. The number of rotatable bonds is 1. The summed E-state index contributed by atoms with van der Waals surface area (Å²) in [5.74, 6) is -0.128. The van der Waals surface area contributed by atoms with E-state index in [0.29, 0.717) is 4.64 Å². The maximum Gasteiger partial charge on any atom is 0.328 e. The Hall–Kier alpha value is -0.980. The summed E-state index contributed by atoms with van der Waals surface area (Å²) in [5, 5.41) is 9.77. The van der Waals surface area contributed by atoms with Crippen molar-refractivity contribution in [3.63, 3.8) is 0 Å². The molecule has 0 saturated carbocycles. The van der Waals surface area contributed by atoms with Gasteiger partial charge in [0, 0.05) is 12.1 Å². The van der Waals surface area contributed by atoms with Crippen LogP contribution in [0.15, 0.2) is 17.1 Å². The first kappa shape index (κ1) is 11.5. The normalized spacial score (nSPS) is 34.2. The molecule has 0 aromatic carbocycles. The number of hydrogen-bond donors (Lipinski definition) is 2. The molecule has 1 aromatic heterocycles. The van der Waals surface area contributed by atoms with Crippen LogP contribution in [-0.2, 0) is 4.74 Å². The summed E-state index contributed by atoms with van der Waals surface area (Å²) in [4.78, 5) is 14.2. The minimum Gasteiger partial charge on any atom is -0.390 e. The fraction of sp³-hybridized carbons (Fsp3) is 0.600. The van der Waals surface area contributed by atoms with Crippen molar-refractivity contribution in [1.29, 1.82) is 0 Å². The molecule has 2 rings (SSSR count). The van der Waals surface area contributed by atoms with Crippen molar-refractivity contribution < 1.29 is 9.84 Å². The van der Waals surface area contributed by atoms with Crippen molar-refractivity contribution in [3.8, 4) is 0 Å². The lowest BCUT2D eigenvalue weighted by Gasteiger charge is -2.17. The average molecular weight is 242 g/mol. The smallest absolute Gasteiger partial charge is 0.328 e. The number of aromatic amines is 1. The van der Waals surface area contributed by atoms with Crippen LogP contribution < -0.4 is 5.69 Å². The highest BCUT2D eigenvalue weighted by Crippen LogP contribution is 2.32. The van der Waals surface area contributed by atoms with Crippen LogP contribution in [0.25, 0.3) is 0 Å². The molecule has 16 heavy (non-hydrogen) atoms. The van der Waals surface area contributed by atoms with E-state index in [1.54, 1.807) is 19.2 Å². The van der Waals surface area contributed by atoms with Crippen LogP contribution >= 0.6 is 12.2 Å². The first-order valence-corrected chi connectivity index (χ1v) is 5.56. The van der Waals surface area contributed by atoms with Crippen molar-refractivity contribution in [2.75, 3.05) is 0 Å². The van der Waals surface area contributed by atoms with Gasteiger partial charge < -0.3 is 9.84 Å². The second-order valence-corrected chi connectivity index (χ2v) is 4.54. The topological polar surface area (TPSA) is 67.2 Å². The second kappa shape index (κ2) is 4.12. The number of aromatic nitrogens is 2. The monoisotopic (exact) mass is 242 g/mol. The highest BCUT2D eigenvalue weighted by atomic mass is 32.1. The Balaban J connectivity index is 2.39. The molecule has 1 aromatic rings. The lowest BCUT2D eigenvalue weighted by Crippen LogP contribution is -2.30. The summed E-state index contributed by atoms with van der Waals surface area (Å²) in [6.07, 6.45) is 0.326. The molecule has 6 heteroatoms. The highest BCUT2D eigenvalue weighted by molar-refractivity contribution is 7.71. The summed E-state index contributed by atoms with van der Waals surface area (Å²) >= 11 is 4.85. The van der Waals surface area contributed by atoms with Crippen molar-refractivity contribution in [2.24, 2.45) is 5.92 Å². The molecule has 2 N–H and O–H groups in total. The van der Waals surface area contributed by atoms with E-state index in [1.165, 1.54) is 4.57 Å². The molecule has 2 heterocycles. The Morgan fingerprint density at radius 1 is 1.56 bits per heavy atom. The third-order valence-corrected chi connectivity index (χ3v) is 3.19. The van der Waals surface area contributed by atoms with E-state index in [2.05, 4.69) is 4.98 Å². The quantitative estimate of drug-likeness (QED) is 0.715. The molecule has 1 aliphatic heterocycles.